The fourth-order valence-corrected chi connectivity index (χ4v) is 3.33. The number of aromatic nitrogens is 2. The second kappa shape index (κ2) is 6.58. The standard InChI is InChI=1S/C16H16N4O3S/c21-16(13-2-8-24-11-13)20-5-3-19(4-6-20)9-14-17-15(23-18-14)12-1-7-22-10-12/h1-2,7-8,10-11H,3-6,9H2. The van der Waals surface area contributed by atoms with E-state index >= 15 is 0 Å². The number of carbonyl (C=O) groups excluding carboxylic acids is 1. The SMILES string of the molecule is O=C(c1ccsc1)N1CCN(Cc2noc(-c3ccoc3)n2)CC1. The van der Waals surface area contributed by atoms with E-state index in [4.69, 9.17) is 8.94 Å². The average Bonchev–Trinajstić information content (AvgIpc) is 3.36. The highest BCUT2D eigenvalue weighted by Crippen LogP contribution is 2.18. The molecule has 0 unspecified atom stereocenters. The Morgan fingerprint density at radius 3 is 2.83 bits per heavy atom. The smallest absolute Gasteiger partial charge is 0.261 e. The van der Waals surface area contributed by atoms with E-state index in [2.05, 4.69) is 15.0 Å². The fourth-order valence-electron chi connectivity index (χ4n) is 2.70. The van der Waals surface area contributed by atoms with Gasteiger partial charge in [0.2, 0.25) is 0 Å². The molecule has 24 heavy (non-hydrogen) atoms. The summed E-state index contributed by atoms with van der Waals surface area (Å²) in [6.07, 6.45) is 3.15. The molecule has 8 heteroatoms. The molecule has 0 spiro atoms. The Balaban J connectivity index is 1.33. The van der Waals surface area contributed by atoms with E-state index in [0.29, 0.717) is 31.3 Å². The van der Waals surface area contributed by atoms with Crippen LogP contribution in [-0.4, -0.2) is 52.0 Å². The second-order valence-corrected chi connectivity index (χ2v) is 6.39. The van der Waals surface area contributed by atoms with Crippen molar-refractivity contribution in [3.8, 4) is 11.5 Å². The summed E-state index contributed by atoms with van der Waals surface area (Å²) in [4.78, 5) is 20.8. The summed E-state index contributed by atoms with van der Waals surface area (Å²) in [6, 6.07) is 3.65. The molecule has 4 heterocycles. The van der Waals surface area contributed by atoms with E-state index in [1.807, 2.05) is 21.7 Å². The minimum Gasteiger partial charge on any atom is -0.472 e. The third kappa shape index (κ3) is 3.10. The molecule has 0 saturated carbocycles. The quantitative estimate of drug-likeness (QED) is 0.723. The summed E-state index contributed by atoms with van der Waals surface area (Å²) < 4.78 is 10.3. The first-order chi connectivity index (χ1) is 11.8. The maximum Gasteiger partial charge on any atom is 0.261 e. The maximum atomic E-state index is 12.3. The van der Waals surface area contributed by atoms with Crippen LogP contribution < -0.4 is 0 Å². The van der Waals surface area contributed by atoms with Gasteiger partial charge in [-0.15, -0.1) is 0 Å². The van der Waals surface area contributed by atoms with E-state index < -0.39 is 0 Å². The second-order valence-electron chi connectivity index (χ2n) is 5.61. The molecule has 1 saturated heterocycles. The van der Waals surface area contributed by atoms with Gasteiger partial charge in [-0.05, 0) is 17.5 Å². The lowest BCUT2D eigenvalue weighted by Crippen LogP contribution is -2.48. The van der Waals surface area contributed by atoms with Crippen LogP contribution in [0.3, 0.4) is 0 Å². The molecule has 3 aromatic heterocycles. The zero-order valence-corrected chi connectivity index (χ0v) is 13.7. The Morgan fingerprint density at radius 2 is 2.12 bits per heavy atom. The topological polar surface area (TPSA) is 75.6 Å². The van der Waals surface area contributed by atoms with Crippen molar-refractivity contribution in [3.05, 3.63) is 46.8 Å². The van der Waals surface area contributed by atoms with Crippen LogP contribution in [0.5, 0.6) is 0 Å². The van der Waals surface area contributed by atoms with Crippen molar-refractivity contribution in [1.82, 2.24) is 19.9 Å². The van der Waals surface area contributed by atoms with Gasteiger partial charge >= 0.3 is 0 Å². The van der Waals surface area contributed by atoms with Gasteiger partial charge < -0.3 is 13.8 Å². The van der Waals surface area contributed by atoms with Gasteiger partial charge in [-0.2, -0.15) is 16.3 Å². The fraction of sp³-hybridized carbons (Fsp3) is 0.312. The van der Waals surface area contributed by atoms with Crippen LogP contribution in [0.25, 0.3) is 11.5 Å². The molecule has 0 atom stereocenters. The third-order valence-corrected chi connectivity index (χ3v) is 4.71. The minimum absolute atomic E-state index is 0.109. The van der Waals surface area contributed by atoms with Crippen molar-refractivity contribution in [1.29, 1.82) is 0 Å². The summed E-state index contributed by atoms with van der Waals surface area (Å²) in [6.45, 7) is 3.63. The molecule has 1 amide bonds. The lowest BCUT2D eigenvalue weighted by atomic mass is 10.2. The lowest BCUT2D eigenvalue weighted by Gasteiger charge is -2.33. The van der Waals surface area contributed by atoms with E-state index in [1.165, 1.54) is 0 Å². The van der Waals surface area contributed by atoms with Crippen molar-refractivity contribution in [2.75, 3.05) is 26.2 Å². The maximum absolute atomic E-state index is 12.3. The van der Waals surface area contributed by atoms with E-state index in [1.54, 1.807) is 29.9 Å². The Hall–Kier alpha value is -2.45. The number of hydrogen-bond donors (Lipinski definition) is 0. The first-order valence-corrected chi connectivity index (χ1v) is 8.63. The number of amides is 1. The molecule has 4 rings (SSSR count). The molecule has 0 aliphatic carbocycles. The summed E-state index contributed by atoms with van der Waals surface area (Å²) in [7, 11) is 0. The number of piperazine rings is 1. The highest BCUT2D eigenvalue weighted by atomic mass is 32.1. The van der Waals surface area contributed by atoms with Gasteiger partial charge in [-0.1, -0.05) is 5.16 Å². The van der Waals surface area contributed by atoms with Crippen LogP contribution >= 0.6 is 11.3 Å². The summed E-state index contributed by atoms with van der Waals surface area (Å²) >= 11 is 1.54. The zero-order valence-electron chi connectivity index (χ0n) is 12.9. The summed E-state index contributed by atoms with van der Waals surface area (Å²) in [5.41, 5.74) is 1.55. The van der Waals surface area contributed by atoms with Gasteiger partial charge in [0.1, 0.15) is 6.26 Å². The molecule has 0 N–H and O–H groups in total. The molecule has 0 aromatic carbocycles. The summed E-state index contributed by atoms with van der Waals surface area (Å²) in [5, 5.41) is 7.83. The molecule has 0 bridgehead atoms. The molecule has 124 valence electrons. The van der Waals surface area contributed by atoms with Gasteiger partial charge in [-0.25, -0.2) is 0 Å². The summed E-state index contributed by atoms with van der Waals surface area (Å²) in [5.74, 6) is 1.21. The highest BCUT2D eigenvalue weighted by molar-refractivity contribution is 7.08. The number of nitrogens with zero attached hydrogens (tertiary/aromatic N) is 4. The Morgan fingerprint density at radius 1 is 1.25 bits per heavy atom. The van der Waals surface area contributed by atoms with Crippen LogP contribution in [0, 0.1) is 0 Å². The molecular formula is C16H16N4O3S. The Kier molecular flexibility index (Phi) is 4.14. The molecular weight excluding hydrogens is 328 g/mol. The molecule has 1 aliphatic heterocycles. The lowest BCUT2D eigenvalue weighted by molar-refractivity contribution is 0.0625. The van der Waals surface area contributed by atoms with Crippen LogP contribution in [0.15, 0.2) is 44.4 Å². The monoisotopic (exact) mass is 344 g/mol. The zero-order chi connectivity index (χ0) is 16.4. The van der Waals surface area contributed by atoms with Gasteiger partial charge in [0.15, 0.2) is 5.82 Å². The van der Waals surface area contributed by atoms with E-state index in [9.17, 15) is 4.79 Å². The van der Waals surface area contributed by atoms with Crippen LogP contribution in [-0.2, 0) is 6.54 Å². The first kappa shape index (κ1) is 15.1. The van der Waals surface area contributed by atoms with E-state index in [-0.39, 0.29) is 5.91 Å². The minimum atomic E-state index is 0.109. The van der Waals surface area contributed by atoms with Gasteiger partial charge in [-0.3, -0.25) is 9.69 Å². The van der Waals surface area contributed by atoms with Gasteiger partial charge in [0.05, 0.1) is 23.9 Å². The average molecular weight is 344 g/mol. The number of thiophene rings is 1. The number of rotatable bonds is 4. The van der Waals surface area contributed by atoms with Crippen molar-refractivity contribution in [2.24, 2.45) is 0 Å². The van der Waals surface area contributed by atoms with E-state index in [0.717, 1.165) is 24.2 Å². The number of furan rings is 1. The molecule has 3 aromatic rings. The van der Waals surface area contributed by atoms with Crippen LogP contribution in [0.2, 0.25) is 0 Å². The van der Waals surface area contributed by atoms with Crippen LogP contribution in [0.4, 0.5) is 0 Å². The highest BCUT2D eigenvalue weighted by Gasteiger charge is 2.23. The van der Waals surface area contributed by atoms with Gasteiger partial charge in [0, 0.05) is 31.6 Å². The van der Waals surface area contributed by atoms with Crippen molar-refractivity contribution in [3.63, 3.8) is 0 Å². The third-order valence-electron chi connectivity index (χ3n) is 4.03. The van der Waals surface area contributed by atoms with Crippen LogP contribution in [0.1, 0.15) is 16.2 Å². The molecule has 7 nitrogen and oxygen atoms in total. The normalized spacial score (nSPS) is 15.8. The predicted octanol–water partition coefficient (Wildman–Crippen LogP) is 2.35. The number of hydrogen-bond acceptors (Lipinski definition) is 7. The van der Waals surface area contributed by atoms with Crippen molar-refractivity contribution < 1.29 is 13.7 Å². The number of carbonyl (C=O) groups is 1. The molecule has 1 aliphatic rings. The Labute approximate surface area is 142 Å². The first-order valence-electron chi connectivity index (χ1n) is 7.68. The molecule has 1 fully saturated rings. The molecule has 0 radical (unpaired) electrons. The van der Waals surface area contributed by atoms with Gasteiger partial charge in [0.25, 0.3) is 11.8 Å². The van der Waals surface area contributed by atoms with Crippen molar-refractivity contribution in [2.45, 2.75) is 6.54 Å². The largest absolute Gasteiger partial charge is 0.472 e. The predicted molar refractivity (Wildman–Crippen MR) is 87.5 cm³/mol. The van der Waals surface area contributed by atoms with Crippen molar-refractivity contribution >= 4 is 17.2 Å². The Bertz CT molecular complexity index is 789.